The highest BCUT2D eigenvalue weighted by atomic mass is 14.4. The predicted molar refractivity (Wildman–Crippen MR) is 90.1 cm³/mol. The smallest absolute Gasteiger partial charge is 0.0130 e. The van der Waals surface area contributed by atoms with Crippen LogP contribution < -0.4 is 0 Å². The number of rotatable bonds is 2. The SMILES string of the molecule is C1=C(c2ccccc2)C(C2CCCCC2)c2ccccc21. The molecule has 0 saturated heterocycles. The monoisotopic (exact) mass is 274 g/mol. The minimum Gasteiger partial charge on any atom is -0.0622 e. The van der Waals surface area contributed by atoms with Crippen LogP contribution in [-0.4, -0.2) is 0 Å². The number of hydrogen-bond donors (Lipinski definition) is 0. The highest BCUT2D eigenvalue weighted by Gasteiger charge is 2.33. The van der Waals surface area contributed by atoms with Gasteiger partial charge in [0.05, 0.1) is 0 Å². The van der Waals surface area contributed by atoms with E-state index in [1.165, 1.54) is 43.2 Å². The topological polar surface area (TPSA) is 0 Å². The number of hydrogen-bond acceptors (Lipinski definition) is 0. The van der Waals surface area contributed by atoms with Gasteiger partial charge in [0.1, 0.15) is 0 Å². The molecule has 2 aromatic rings. The standard InChI is InChI=1S/C21H22/c1-3-9-16(10-4-1)20-15-18-13-7-8-14-19(18)21(20)17-11-5-2-6-12-17/h1,3-4,7-10,13-15,17,21H,2,5-6,11-12H2. The quantitative estimate of drug-likeness (QED) is 0.639. The molecule has 2 aromatic carbocycles. The van der Waals surface area contributed by atoms with Gasteiger partial charge in [0.15, 0.2) is 0 Å². The first-order chi connectivity index (χ1) is 10.4. The second-order valence-corrected chi connectivity index (χ2v) is 6.47. The average Bonchev–Trinajstić information content (AvgIpc) is 2.96. The van der Waals surface area contributed by atoms with Gasteiger partial charge in [0, 0.05) is 5.92 Å². The van der Waals surface area contributed by atoms with Crippen LogP contribution in [0.4, 0.5) is 0 Å². The van der Waals surface area contributed by atoms with Gasteiger partial charge in [-0.2, -0.15) is 0 Å². The van der Waals surface area contributed by atoms with Gasteiger partial charge >= 0.3 is 0 Å². The molecule has 1 unspecified atom stereocenters. The van der Waals surface area contributed by atoms with Gasteiger partial charge in [-0.15, -0.1) is 0 Å². The van der Waals surface area contributed by atoms with Gasteiger partial charge in [-0.25, -0.2) is 0 Å². The maximum atomic E-state index is 2.43. The summed E-state index contributed by atoms with van der Waals surface area (Å²) in [5, 5.41) is 0. The number of benzene rings is 2. The van der Waals surface area contributed by atoms with E-state index < -0.39 is 0 Å². The summed E-state index contributed by atoms with van der Waals surface area (Å²) in [6.45, 7) is 0. The highest BCUT2D eigenvalue weighted by Crippen LogP contribution is 2.49. The highest BCUT2D eigenvalue weighted by molar-refractivity contribution is 5.91. The molecule has 0 spiro atoms. The van der Waals surface area contributed by atoms with Gasteiger partial charge in [0.2, 0.25) is 0 Å². The van der Waals surface area contributed by atoms with Gasteiger partial charge in [0.25, 0.3) is 0 Å². The summed E-state index contributed by atoms with van der Waals surface area (Å²) in [4.78, 5) is 0. The first kappa shape index (κ1) is 12.9. The second kappa shape index (κ2) is 5.52. The zero-order chi connectivity index (χ0) is 14.1. The van der Waals surface area contributed by atoms with Crippen LogP contribution in [0.5, 0.6) is 0 Å². The van der Waals surface area contributed by atoms with E-state index in [0.717, 1.165) is 5.92 Å². The summed E-state index contributed by atoms with van der Waals surface area (Å²) in [5.41, 5.74) is 5.95. The molecule has 0 aromatic heterocycles. The van der Waals surface area contributed by atoms with Crippen molar-refractivity contribution in [2.75, 3.05) is 0 Å². The van der Waals surface area contributed by atoms with Crippen LogP contribution in [0, 0.1) is 5.92 Å². The molecule has 21 heavy (non-hydrogen) atoms. The fourth-order valence-electron chi connectivity index (χ4n) is 4.22. The molecule has 1 saturated carbocycles. The Hall–Kier alpha value is -1.82. The fraction of sp³-hybridized carbons (Fsp3) is 0.333. The van der Waals surface area contributed by atoms with Crippen LogP contribution in [0.1, 0.15) is 54.7 Å². The first-order valence-corrected chi connectivity index (χ1v) is 8.29. The summed E-state index contributed by atoms with van der Waals surface area (Å²) in [6, 6.07) is 20.0. The minimum absolute atomic E-state index is 0.615. The van der Waals surface area contributed by atoms with Crippen molar-refractivity contribution in [2.24, 2.45) is 5.92 Å². The van der Waals surface area contributed by atoms with Crippen molar-refractivity contribution in [3.8, 4) is 0 Å². The predicted octanol–water partition coefficient (Wildman–Crippen LogP) is 5.90. The van der Waals surface area contributed by atoms with Crippen LogP contribution in [-0.2, 0) is 0 Å². The number of fused-ring (bicyclic) bond motifs is 1. The maximum absolute atomic E-state index is 2.43. The van der Waals surface area contributed by atoms with Crippen molar-refractivity contribution < 1.29 is 0 Å². The molecular formula is C21H22. The Morgan fingerprint density at radius 3 is 2.24 bits per heavy atom. The van der Waals surface area contributed by atoms with Gasteiger partial charge in [-0.05, 0) is 41.0 Å². The third-order valence-electron chi connectivity index (χ3n) is 5.21. The Labute approximate surface area is 127 Å². The van der Waals surface area contributed by atoms with Crippen molar-refractivity contribution >= 4 is 11.6 Å². The molecule has 2 aliphatic rings. The van der Waals surface area contributed by atoms with E-state index in [-0.39, 0.29) is 0 Å². The van der Waals surface area contributed by atoms with E-state index in [1.807, 2.05) is 0 Å². The summed E-state index contributed by atoms with van der Waals surface area (Å²) >= 11 is 0. The van der Waals surface area contributed by atoms with E-state index in [0.29, 0.717) is 5.92 Å². The number of allylic oxidation sites excluding steroid dienone is 1. The van der Waals surface area contributed by atoms with Crippen molar-refractivity contribution in [2.45, 2.75) is 38.0 Å². The molecule has 1 atom stereocenters. The molecule has 0 amide bonds. The van der Waals surface area contributed by atoms with Crippen LogP contribution in [0.15, 0.2) is 54.6 Å². The summed E-state index contributed by atoms with van der Waals surface area (Å²) < 4.78 is 0. The van der Waals surface area contributed by atoms with E-state index in [4.69, 9.17) is 0 Å². The van der Waals surface area contributed by atoms with Crippen LogP contribution in [0.25, 0.3) is 11.6 Å². The molecule has 0 bridgehead atoms. The molecule has 0 N–H and O–H groups in total. The normalized spacial score (nSPS) is 21.9. The Morgan fingerprint density at radius 1 is 0.714 bits per heavy atom. The van der Waals surface area contributed by atoms with E-state index in [9.17, 15) is 0 Å². The largest absolute Gasteiger partial charge is 0.0622 e. The molecule has 0 nitrogen and oxygen atoms in total. The van der Waals surface area contributed by atoms with Crippen LogP contribution >= 0.6 is 0 Å². The lowest BCUT2D eigenvalue weighted by atomic mass is 9.74. The van der Waals surface area contributed by atoms with Gasteiger partial charge in [-0.3, -0.25) is 0 Å². The molecule has 0 heteroatoms. The van der Waals surface area contributed by atoms with Crippen molar-refractivity contribution in [3.05, 3.63) is 71.3 Å². The fourth-order valence-corrected chi connectivity index (χ4v) is 4.22. The third kappa shape index (κ3) is 2.33. The summed E-state index contributed by atoms with van der Waals surface area (Å²) in [5.74, 6) is 1.44. The Kier molecular flexibility index (Phi) is 3.39. The molecule has 2 aliphatic carbocycles. The zero-order valence-corrected chi connectivity index (χ0v) is 12.5. The van der Waals surface area contributed by atoms with E-state index in [2.05, 4.69) is 60.7 Å². The van der Waals surface area contributed by atoms with Crippen molar-refractivity contribution in [1.29, 1.82) is 0 Å². The lowest BCUT2D eigenvalue weighted by molar-refractivity contribution is 0.338. The molecule has 0 heterocycles. The van der Waals surface area contributed by atoms with Crippen LogP contribution in [0.3, 0.4) is 0 Å². The molecular weight excluding hydrogens is 252 g/mol. The van der Waals surface area contributed by atoms with Crippen LogP contribution in [0.2, 0.25) is 0 Å². The maximum Gasteiger partial charge on any atom is 0.0130 e. The second-order valence-electron chi connectivity index (χ2n) is 6.47. The summed E-state index contributed by atoms with van der Waals surface area (Å²) in [7, 11) is 0. The van der Waals surface area contributed by atoms with Gasteiger partial charge in [-0.1, -0.05) is 79.9 Å². The Morgan fingerprint density at radius 2 is 1.43 bits per heavy atom. The first-order valence-electron chi connectivity index (χ1n) is 8.29. The Bertz CT molecular complexity index is 645. The summed E-state index contributed by atoms with van der Waals surface area (Å²) in [6.07, 6.45) is 9.46. The minimum atomic E-state index is 0.615. The van der Waals surface area contributed by atoms with Crippen molar-refractivity contribution in [3.63, 3.8) is 0 Å². The van der Waals surface area contributed by atoms with Gasteiger partial charge < -0.3 is 0 Å². The molecule has 0 radical (unpaired) electrons. The average molecular weight is 274 g/mol. The van der Waals surface area contributed by atoms with E-state index >= 15 is 0 Å². The molecule has 0 aliphatic heterocycles. The lowest BCUT2D eigenvalue weighted by Crippen LogP contribution is -2.16. The zero-order valence-electron chi connectivity index (χ0n) is 12.5. The van der Waals surface area contributed by atoms with Crippen molar-refractivity contribution in [1.82, 2.24) is 0 Å². The Balaban J connectivity index is 1.78. The van der Waals surface area contributed by atoms with E-state index in [1.54, 1.807) is 11.1 Å². The molecule has 106 valence electrons. The molecule has 4 rings (SSSR count). The molecule has 1 fully saturated rings. The lowest BCUT2D eigenvalue weighted by Gasteiger charge is -2.30. The third-order valence-corrected chi connectivity index (χ3v) is 5.21.